The lowest BCUT2D eigenvalue weighted by atomic mass is 10.0. The average Bonchev–Trinajstić information content (AvgIpc) is 2.91. The number of thiophene rings is 1. The van der Waals surface area contributed by atoms with E-state index in [1.54, 1.807) is 0 Å². The number of hydrogen-bond donors (Lipinski definition) is 1. The molecule has 1 unspecified atom stereocenters. The summed E-state index contributed by atoms with van der Waals surface area (Å²) in [5, 5.41) is 5.90. The lowest BCUT2D eigenvalue weighted by Crippen LogP contribution is -2.16. The van der Waals surface area contributed by atoms with Crippen LogP contribution in [0.15, 0.2) is 41.8 Å². The van der Waals surface area contributed by atoms with Crippen molar-refractivity contribution in [3.8, 4) is 0 Å². The molecule has 0 amide bonds. The second-order valence-electron chi connectivity index (χ2n) is 5.29. The van der Waals surface area contributed by atoms with Gasteiger partial charge in [-0.2, -0.15) is 0 Å². The van der Waals surface area contributed by atoms with Crippen LogP contribution in [0.5, 0.6) is 0 Å². The van der Waals surface area contributed by atoms with E-state index < -0.39 is 0 Å². The van der Waals surface area contributed by atoms with Crippen LogP contribution < -0.4 is 5.32 Å². The third kappa shape index (κ3) is 3.60. The molecule has 1 atom stereocenters. The van der Waals surface area contributed by atoms with Crippen LogP contribution in [-0.4, -0.2) is 0 Å². The summed E-state index contributed by atoms with van der Waals surface area (Å²) in [6.45, 7) is 6.79. The van der Waals surface area contributed by atoms with Gasteiger partial charge >= 0.3 is 0 Å². The maximum Gasteiger partial charge on any atom is 0.0629 e. The van der Waals surface area contributed by atoms with Gasteiger partial charge in [0, 0.05) is 10.6 Å². The molecular weight excluding hydrogens is 250 g/mol. The maximum absolute atomic E-state index is 3.74. The van der Waals surface area contributed by atoms with E-state index in [1.165, 1.54) is 22.5 Å². The molecule has 0 radical (unpaired) electrons. The standard InChI is InChI=1S/C17H23NS/c1-4-8-14-9-5-6-10-15(14)18-17(13(2)3)16-11-7-12-19-16/h5-7,9-13,17-18H,4,8H2,1-3H3. The first-order chi connectivity index (χ1) is 9.22. The van der Waals surface area contributed by atoms with E-state index in [9.17, 15) is 0 Å². The normalized spacial score (nSPS) is 12.6. The molecule has 1 aromatic carbocycles. The van der Waals surface area contributed by atoms with Crippen molar-refractivity contribution in [2.75, 3.05) is 5.32 Å². The fourth-order valence-electron chi connectivity index (χ4n) is 2.35. The summed E-state index contributed by atoms with van der Waals surface area (Å²) < 4.78 is 0. The van der Waals surface area contributed by atoms with Crippen molar-refractivity contribution in [2.24, 2.45) is 5.92 Å². The predicted molar refractivity (Wildman–Crippen MR) is 86.0 cm³/mol. The van der Waals surface area contributed by atoms with Gasteiger partial charge in [-0.3, -0.25) is 0 Å². The molecule has 2 aromatic rings. The summed E-state index contributed by atoms with van der Waals surface area (Å²) in [5.74, 6) is 0.577. The minimum absolute atomic E-state index is 0.401. The van der Waals surface area contributed by atoms with Gasteiger partial charge in [0.15, 0.2) is 0 Å². The highest BCUT2D eigenvalue weighted by Gasteiger charge is 2.17. The third-order valence-electron chi connectivity index (χ3n) is 3.36. The highest BCUT2D eigenvalue weighted by atomic mass is 32.1. The molecule has 0 bridgehead atoms. The van der Waals surface area contributed by atoms with Crippen molar-refractivity contribution in [2.45, 2.75) is 39.7 Å². The molecule has 1 heterocycles. The van der Waals surface area contributed by atoms with Gasteiger partial charge in [0.05, 0.1) is 6.04 Å². The van der Waals surface area contributed by atoms with Gasteiger partial charge in [-0.15, -0.1) is 11.3 Å². The Labute approximate surface area is 120 Å². The van der Waals surface area contributed by atoms with Gasteiger partial charge in [0.2, 0.25) is 0 Å². The molecule has 1 aromatic heterocycles. The smallest absolute Gasteiger partial charge is 0.0629 e. The van der Waals surface area contributed by atoms with E-state index in [0.717, 1.165) is 6.42 Å². The van der Waals surface area contributed by atoms with Gasteiger partial charge < -0.3 is 5.32 Å². The summed E-state index contributed by atoms with van der Waals surface area (Å²) >= 11 is 1.84. The van der Waals surface area contributed by atoms with Crippen LogP contribution in [0.1, 0.15) is 43.7 Å². The van der Waals surface area contributed by atoms with E-state index in [4.69, 9.17) is 0 Å². The van der Waals surface area contributed by atoms with Crippen molar-refractivity contribution in [3.05, 3.63) is 52.2 Å². The summed E-state index contributed by atoms with van der Waals surface area (Å²) in [7, 11) is 0. The Hall–Kier alpha value is -1.28. The molecule has 0 aliphatic heterocycles. The Morgan fingerprint density at radius 1 is 1.11 bits per heavy atom. The number of hydrogen-bond acceptors (Lipinski definition) is 2. The topological polar surface area (TPSA) is 12.0 Å². The zero-order valence-corrected chi connectivity index (χ0v) is 12.8. The SMILES string of the molecule is CCCc1ccccc1NC(c1cccs1)C(C)C. The Balaban J connectivity index is 2.22. The van der Waals surface area contributed by atoms with Crippen LogP contribution >= 0.6 is 11.3 Å². The Morgan fingerprint density at radius 3 is 2.53 bits per heavy atom. The summed E-state index contributed by atoms with van der Waals surface area (Å²) in [6, 6.07) is 13.4. The molecular formula is C17H23NS. The lowest BCUT2D eigenvalue weighted by Gasteiger charge is -2.24. The van der Waals surface area contributed by atoms with Crippen molar-refractivity contribution in [1.29, 1.82) is 0 Å². The zero-order valence-electron chi connectivity index (χ0n) is 12.0. The molecule has 0 aliphatic rings. The number of benzene rings is 1. The second kappa shape index (κ2) is 6.76. The summed E-state index contributed by atoms with van der Waals surface area (Å²) in [4.78, 5) is 1.42. The molecule has 2 rings (SSSR count). The first-order valence-electron chi connectivity index (χ1n) is 7.10. The third-order valence-corrected chi connectivity index (χ3v) is 4.32. The van der Waals surface area contributed by atoms with E-state index in [1.807, 2.05) is 11.3 Å². The molecule has 0 saturated carbocycles. The largest absolute Gasteiger partial charge is 0.377 e. The Morgan fingerprint density at radius 2 is 1.89 bits per heavy atom. The van der Waals surface area contributed by atoms with Crippen LogP contribution in [-0.2, 0) is 6.42 Å². The van der Waals surface area contributed by atoms with E-state index in [2.05, 4.69) is 67.9 Å². The van der Waals surface area contributed by atoms with E-state index in [0.29, 0.717) is 12.0 Å². The summed E-state index contributed by atoms with van der Waals surface area (Å²) in [6.07, 6.45) is 2.32. The minimum atomic E-state index is 0.401. The van der Waals surface area contributed by atoms with Crippen LogP contribution in [0.4, 0.5) is 5.69 Å². The van der Waals surface area contributed by atoms with Gasteiger partial charge in [-0.25, -0.2) is 0 Å². The Kier molecular flexibility index (Phi) is 5.03. The van der Waals surface area contributed by atoms with Gasteiger partial charge in [-0.1, -0.05) is 51.5 Å². The Bertz CT molecular complexity index is 488. The molecule has 0 spiro atoms. The fraction of sp³-hybridized carbons (Fsp3) is 0.412. The quantitative estimate of drug-likeness (QED) is 0.731. The molecule has 1 nitrogen and oxygen atoms in total. The minimum Gasteiger partial charge on any atom is -0.377 e. The fourth-order valence-corrected chi connectivity index (χ4v) is 3.30. The predicted octanol–water partition coefficient (Wildman–Crippen LogP) is 5.51. The maximum atomic E-state index is 3.74. The number of rotatable bonds is 6. The van der Waals surface area contributed by atoms with Gasteiger partial charge in [-0.05, 0) is 35.4 Å². The molecule has 19 heavy (non-hydrogen) atoms. The van der Waals surface area contributed by atoms with Crippen molar-refractivity contribution in [1.82, 2.24) is 0 Å². The van der Waals surface area contributed by atoms with Crippen LogP contribution in [0, 0.1) is 5.92 Å². The molecule has 0 saturated heterocycles. The highest BCUT2D eigenvalue weighted by molar-refractivity contribution is 7.10. The van der Waals surface area contributed by atoms with Crippen LogP contribution in [0.2, 0.25) is 0 Å². The van der Waals surface area contributed by atoms with E-state index >= 15 is 0 Å². The first kappa shape index (κ1) is 14.1. The molecule has 102 valence electrons. The van der Waals surface area contributed by atoms with Crippen LogP contribution in [0.25, 0.3) is 0 Å². The molecule has 0 fully saturated rings. The number of nitrogens with one attached hydrogen (secondary N) is 1. The molecule has 2 heteroatoms. The average molecular weight is 273 g/mol. The number of para-hydroxylation sites is 1. The summed E-state index contributed by atoms with van der Waals surface area (Å²) in [5.41, 5.74) is 2.71. The lowest BCUT2D eigenvalue weighted by molar-refractivity contribution is 0.553. The molecule has 1 N–H and O–H groups in total. The molecule has 0 aliphatic carbocycles. The van der Waals surface area contributed by atoms with Crippen LogP contribution in [0.3, 0.4) is 0 Å². The van der Waals surface area contributed by atoms with Gasteiger partial charge in [0.1, 0.15) is 0 Å². The number of aryl methyl sites for hydroxylation is 1. The van der Waals surface area contributed by atoms with E-state index in [-0.39, 0.29) is 0 Å². The zero-order chi connectivity index (χ0) is 13.7. The number of anilines is 1. The van der Waals surface area contributed by atoms with Gasteiger partial charge in [0.25, 0.3) is 0 Å². The highest BCUT2D eigenvalue weighted by Crippen LogP contribution is 2.31. The first-order valence-corrected chi connectivity index (χ1v) is 7.98. The van der Waals surface area contributed by atoms with Crippen molar-refractivity contribution in [3.63, 3.8) is 0 Å². The second-order valence-corrected chi connectivity index (χ2v) is 6.27. The van der Waals surface area contributed by atoms with Crippen molar-refractivity contribution < 1.29 is 0 Å². The van der Waals surface area contributed by atoms with Crippen molar-refractivity contribution >= 4 is 17.0 Å². The monoisotopic (exact) mass is 273 g/mol.